The minimum absolute atomic E-state index is 0.109. The number of para-hydroxylation sites is 1. The van der Waals surface area contributed by atoms with Crippen LogP contribution < -0.4 is 5.73 Å². The Balaban J connectivity index is 1.63. The van der Waals surface area contributed by atoms with Gasteiger partial charge >= 0.3 is 0 Å². The van der Waals surface area contributed by atoms with E-state index in [2.05, 4.69) is 4.98 Å². The maximum absolute atomic E-state index is 13.2. The first-order valence-corrected chi connectivity index (χ1v) is 8.90. The molecule has 0 bridgehead atoms. The topological polar surface area (TPSA) is 82.9 Å². The second-order valence-corrected chi connectivity index (χ2v) is 7.11. The van der Waals surface area contributed by atoms with Crippen LogP contribution in [0.5, 0.6) is 0 Å². The molecule has 0 unspecified atom stereocenters. The SMILES string of the molecule is C[C@H](N)C(=O)n1cnc2c1CC[C@@H](C(=O)c1cn(C)c3ccccc13)C2. The number of aromatic nitrogens is 3. The fourth-order valence-corrected chi connectivity index (χ4v) is 3.88. The van der Waals surface area contributed by atoms with Gasteiger partial charge in [0.25, 0.3) is 0 Å². The van der Waals surface area contributed by atoms with E-state index < -0.39 is 6.04 Å². The highest BCUT2D eigenvalue weighted by Crippen LogP contribution is 2.30. The quantitative estimate of drug-likeness (QED) is 0.735. The molecule has 134 valence electrons. The average molecular weight is 350 g/mol. The van der Waals surface area contributed by atoms with E-state index in [0.29, 0.717) is 19.3 Å². The monoisotopic (exact) mass is 350 g/mol. The molecule has 6 nitrogen and oxygen atoms in total. The Morgan fingerprint density at radius 1 is 1.31 bits per heavy atom. The number of ketones is 1. The van der Waals surface area contributed by atoms with Gasteiger partial charge in [0.2, 0.25) is 5.91 Å². The zero-order valence-electron chi connectivity index (χ0n) is 15.0. The molecule has 0 fully saturated rings. The summed E-state index contributed by atoms with van der Waals surface area (Å²) in [7, 11) is 1.96. The van der Waals surface area contributed by atoms with Gasteiger partial charge in [0.05, 0.1) is 11.7 Å². The highest BCUT2D eigenvalue weighted by Gasteiger charge is 2.31. The molecule has 2 N–H and O–H groups in total. The highest BCUT2D eigenvalue weighted by molar-refractivity contribution is 6.09. The lowest BCUT2D eigenvalue weighted by Crippen LogP contribution is -2.33. The summed E-state index contributed by atoms with van der Waals surface area (Å²) >= 11 is 0. The standard InChI is InChI=1S/C20H22N4O2/c1-12(21)20(26)24-11-22-16-9-13(7-8-18(16)24)19(25)15-10-23(2)17-6-4-3-5-14(15)17/h3-6,10-13H,7-9,21H2,1-2H3/t12-,13+/m0/s1. The molecule has 0 saturated carbocycles. The third-order valence-electron chi connectivity index (χ3n) is 5.28. The minimum atomic E-state index is -0.566. The summed E-state index contributed by atoms with van der Waals surface area (Å²) in [6.45, 7) is 1.67. The van der Waals surface area contributed by atoms with Gasteiger partial charge in [-0.15, -0.1) is 0 Å². The number of hydrogen-bond acceptors (Lipinski definition) is 4. The van der Waals surface area contributed by atoms with Crippen molar-refractivity contribution in [2.45, 2.75) is 32.2 Å². The van der Waals surface area contributed by atoms with Crippen LogP contribution in [-0.2, 0) is 19.9 Å². The minimum Gasteiger partial charge on any atom is -0.350 e. The third kappa shape index (κ3) is 2.57. The lowest BCUT2D eigenvalue weighted by Gasteiger charge is -2.21. The predicted molar refractivity (Wildman–Crippen MR) is 99.3 cm³/mol. The number of aryl methyl sites for hydroxylation is 1. The van der Waals surface area contributed by atoms with Crippen molar-refractivity contribution in [1.29, 1.82) is 0 Å². The Morgan fingerprint density at radius 2 is 2.08 bits per heavy atom. The molecule has 3 aromatic rings. The Bertz CT molecular complexity index is 1010. The molecule has 0 amide bonds. The van der Waals surface area contributed by atoms with Crippen LogP contribution >= 0.6 is 0 Å². The molecule has 2 aromatic heterocycles. The number of hydrogen-bond donors (Lipinski definition) is 1. The van der Waals surface area contributed by atoms with Gasteiger partial charge in [-0.2, -0.15) is 0 Å². The Hall–Kier alpha value is -2.73. The van der Waals surface area contributed by atoms with Gasteiger partial charge in [-0.25, -0.2) is 4.98 Å². The van der Waals surface area contributed by atoms with Crippen LogP contribution in [0.25, 0.3) is 10.9 Å². The van der Waals surface area contributed by atoms with E-state index in [1.54, 1.807) is 17.8 Å². The van der Waals surface area contributed by atoms with E-state index in [-0.39, 0.29) is 17.6 Å². The molecule has 2 atom stereocenters. The second kappa shape index (κ2) is 6.21. The lowest BCUT2D eigenvalue weighted by molar-refractivity contribution is 0.0881. The number of nitrogens with zero attached hydrogens (tertiary/aromatic N) is 3. The molecule has 2 heterocycles. The smallest absolute Gasteiger partial charge is 0.248 e. The van der Waals surface area contributed by atoms with Crippen molar-refractivity contribution < 1.29 is 9.59 Å². The summed E-state index contributed by atoms with van der Waals surface area (Å²) in [6.07, 6.45) is 5.40. The van der Waals surface area contributed by atoms with Crippen LogP contribution in [0.15, 0.2) is 36.8 Å². The molecule has 1 aromatic carbocycles. The molecule has 0 aliphatic heterocycles. The van der Waals surface area contributed by atoms with Crippen LogP contribution in [0.4, 0.5) is 0 Å². The summed E-state index contributed by atoms with van der Waals surface area (Å²) in [4.78, 5) is 29.7. The first-order chi connectivity index (χ1) is 12.5. The average Bonchev–Trinajstić information content (AvgIpc) is 3.21. The number of carbonyl (C=O) groups excluding carboxylic acids is 2. The number of benzene rings is 1. The van der Waals surface area contributed by atoms with E-state index in [4.69, 9.17) is 5.73 Å². The zero-order valence-corrected chi connectivity index (χ0v) is 15.0. The molecule has 0 saturated heterocycles. The number of Topliss-reactive ketones (excluding diaryl/α,β-unsaturated/α-hetero) is 1. The molecule has 1 aliphatic carbocycles. The van der Waals surface area contributed by atoms with E-state index in [1.807, 2.05) is 42.1 Å². The van der Waals surface area contributed by atoms with Crippen LogP contribution in [0.3, 0.4) is 0 Å². The fraction of sp³-hybridized carbons (Fsp3) is 0.350. The summed E-state index contributed by atoms with van der Waals surface area (Å²) in [6, 6.07) is 7.38. The van der Waals surface area contributed by atoms with Gasteiger partial charge in [-0.1, -0.05) is 18.2 Å². The van der Waals surface area contributed by atoms with Crippen molar-refractivity contribution in [2.24, 2.45) is 18.7 Å². The number of carbonyl (C=O) groups is 2. The van der Waals surface area contributed by atoms with Crippen LogP contribution in [0, 0.1) is 5.92 Å². The number of rotatable bonds is 3. The normalized spacial score (nSPS) is 17.9. The van der Waals surface area contributed by atoms with Crippen molar-refractivity contribution in [3.63, 3.8) is 0 Å². The van der Waals surface area contributed by atoms with Crippen LogP contribution in [0.2, 0.25) is 0 Å². The van der Waals surface area contributed by atoms with Crippen molar-refractivity contribution in [1.82, 2.24) is 14.1 Å². The molecule has 6 heteroatoms. The molecular weight excluding hydrogens is 328 g/mol. The van der Waals surface area contributed by atoms with Gasteiger partial charge in [-0.05, 0) is 25.8 Å². The Morgan fingerprint density at radius 3 is 2.85 bits per heavy atom. The van der Waals surface area contributed by atoms with E-state index in [1.165, 1.54) is 0 Å². The van der Waals surface area contributed by atoms with E-state index >= 15 is 0 Å². The summed E-state index contributed by atoms with van der Waals surface area (Å²) in [5, 5.41) is 0.989. The van der Waals surface area contributed by atoms with E-state index in [9.17, 15) is 9.59 Å². The second-order valence-electron chi connectivity index (χ2n) is 7.11. The van der Waals surface area contributed by atoms with Gasteiger partial charge in [0.1, 0.15) is 6.33 Å². The third-order valence-corrected chi connectivity index (χ3v) is 5.28. The largest absolute Gasteiger partial charge is 0.350 e. The molecular formula is C20H22N4O2. The summed E-state index contributed by atoms with van der Waals surface area (Å²) < 4.78 is 3.55. The van der Waals surface area contributed by atoms with Crippen molar-refractivity contribution in [3.8, 4) is 0 Å². The van der Waals surface area contributed by atoms with Crippen molar-refractivity contribution in [2.75, 3.05) is 0 Å². The van der Waals surface area contributed by atoms with E-state index in [0.717, 1.165) is 27.9 Å². The van der Waals surface area contributed by atoms with Gasteiger partial charge in [0, 0.05) is 47.7 Å². The maximum atomic E-state index is 13.2. The molecule has 0 radical (unpaired) electrons. The first-order valence-electron chi connectivity index (χ1n) is 8.90. The molecule has 26 heavy (non-hydrogen) atoms. The van der Waals surface area contributed by atoms with Gasteiger partial charge in [0.15, 0.2) is 5.78 Å². The Labute approximate surface area is 151 Å². The molecule has 0 spiro atoms. The molecule has 4 rings (SSSR count). The summed E-state index contributed by atoms with van der Waals surface area (Å²) in [5.41, 5.74) is 9.27. The van der Waals surface area contributed by atoms with Crippen LogP contribution in [0.1, 0.15) is 39.9 Å². The number of fused-ring (bicyclic) bond motifs is 2. The first kappa shape index (κ1) is 16.7. The highest BCUT2D eigenvalue weighted by atomic mass is 16.2. The predicted octanol–water partition coefficient (Wildman–Crippen LogP) is 2.35. The number of nitrogens with two attached hydrogens (primary N) is 1. The zero-order chi connectivity index (χ0) is 18.4. The summed E-state index contributed by atoms with van der Waals surface area (Å²) in [5.74, 6) is -0.111. The Kier molecular flexibility index (Phi) is 4.00. The van der Waals surface area contributed by atoms with Crippen molar-refractivity contribution in [3.05, 3.63) is 53.7 Å². The number of imidazole rings is 1. The molecule has 1 aliphatic rings. The van der Waals surface area contributed by atoms with Crippen LogP contribution in [-0.4, -0.2) is 31.9 Å². The maximum Gasteiger partial charge on any atom is 0.248 e. The lowest BCUT2D eigenvalue weighted by atomic mass is 9.84. The van der Waals surface area contributed by atoms with Gasteiger partial charge in [-0.3, -0.25) is 14.2 Å². The fourth-order valence-electron chi connectivity index (χ4n) is 3.88. The van der Waals surface area contributed by atoms with Crippen molar-refractivity contribution >= 4 is 22.6 Å². The van der Waals surface area contributed by atoms with Gasteiger partial charge < -0.3 is 10.3 Å².